The van der Waals surface area contributed by atoms with Gasteiger partial charge in [-0.1, -0.05) is 191 Å². The normalized spacial score (nSPS) is 17.1. The van der Waals surface area contributed by atoms with Crippen LogP contribution < -0.4 is 41.4 Å². The molecule has 0 radical (unpaired) electrons. The van der Waals surface area contributed by atoms with E-state index in [2.05, 4.69) is 226 Å². The Balaban J connectivity index is 1.14. The highest BCUT2D eigenvalue weighted by atomic mass is 32.2. The molecule has 0 unspecified atom stereocenters. The molecule has 0 atom stereocenters. The molecule has 0 bridgehead atoms. The molecule has 322 valence electrons. The smallest absolute Gasteiger partial charge is 0.333 e. The summed E-state index contributed by atoms with van der Waals surface area (Å²) in [7, 11) is -2.89. The van der Waals surface area contributed by atoms with E-state index < -0.39 is 8.07 Å². The number of nitrogens with zero attached hydrogens (tertiary/aromatic N) is 2. The predicted octanol–water partition coefficient (Wildman–Crippen LogP) is 12.5. The van der Waals surface area contributed by atoms with Crippen LogP contribution in [0.5, 0.6) is 0 Å². The molecule has 67 heavy (non-hydrogen) atoms. The molecule has 0 saturated carbocycles. The van der Waals surface area contributed by atoms with Gasteiger partial charge in [-0.3, -0.25) is 0 Å². The number of anilines is 5. The van der Waals surface area contributed by atoms with Crippen LogP contribution in [-0.2, 0) is 10.8 Å². The molecule has 0 fully saturated rings. The van der Waals surface area contributed by atoms with Crippen LogP contribution >= 0.6 is 23.5 Å². The van der Waals surface area contributed by atoms with Crippen molar-refractivity contribution in [1.82, 2.24) is 0 Å². The van der Waals surface area contributed by atoms with Crippen LogP contribution in [0.2, 0.25) is 0 Å². The van der Waals surface area contributed by atoms with E-state index in [9.17, 15) is 0 Å². The van der Waals surface area contributed by atoms with E-state index in [0.717, 1.165) is 0 Å². The number of benzene rings is 9. The van der Waals surface area contributed by atoms with E-state index in [0.29, 0.717) is 0 Å². The quantitative estimate of drug-likeness (QED) is 0.163. The van der Waals surface area contributed by atoms with Crippen molar-refractivity contribution in [3.05, 3.63) is 199 Å². The zero-order chi connectivity index (χ0) is 45.0. The van der Waals surface area contributed by atoms with Gasteiger partial charge in [-0.05, 0) is 138 Å². The molecule has 4 heterocycles. The highest BCUT2D eigenvalue weighted by Crippen LogP contribution is 2.55. The summed E-state index contributed by atoms with van der Waals surface area (Å²) in [5.41, 5.74) is 16.5. The van der Waals surface area contributed by atoms with Crippen molar-refractivity contribution in [2.24, 2.45) is 0 Å². The minimum atomic E-state index is -2.89. The lowest BCUT2D eigenvalue weighted by atomic mass is 9.43. The fourth-order valence-electron chi connectivity index (χ4n) is 12.9. The van der Waals surface area contributed by atoms with E-state index >= 15 is 0 Å². The van der Waals surface area contributed by atoms with Gasteiger partial charge in [0.2, 0.25) is 0 Å². The molecule has 0 N–H and O–H groups in total. The van der Waals surface area contributed by atoms with Gasteiger partial charge in [0, 0.05) is 53.6 Å². The number of hydrogen-bond acceptors (Lipinski definition) is 4. The van der Waals surface area contributed by atoms with Crippen molar-refractivity contribution in [3.8, 4) is 11.1 Å². The average molecular weight is 913 g/mol. The lowest BCUT2D eigenvalue weighted by Gasteiger charge is -2.52. The average Bonchev–Trinajstić information content (AvgIpc) is 3.35. The zero-order valence-electron chi connectivity index (χ0n) is 38.5. The van der Waals surface area contributed by atoms with Crippen LogP contribution in [0.25, 0.3) is 21.9 Å². The lowest BCUT2D eigenvalue weighted by molar-refractivity contribution is 0.332. The topological polar surface area (TPSA) is 6.48 Å². The summed E-state index contributed by atoms with van der Waals surface area (Å²) in [6, 6.07) is 70.8. The third kappa shape index (κ3) is 5.44. The van der Waals surface area contributed by atoms with Gasteiger partial charge in [0.25, 0.3) is 0 Å². The molecule has 4 aliphatic heterocycles. The molecule has 1 aliphatic carbocycles. The Kier molecular flexibility index (Phi) is 8.45. The van der Waals surface area contributed by atoms with Gasteiger partial charge in [0.15, 0.2) is 8.07 Å². The Morgan fingerprint density at radius 3 is 1.82 bits per heavy atom. The first-order valence-corrected chi connectivity index (χ1v) is 27.5. The summed E-state index contributed by atoms with van der Waals surface area (Å²) in [6.07, 6.45) is 2.36. The molecule has 6 heteroatoms. The molecule has 9 aromatic rings. The number of fused-ring (bicyclic) bond motifs is 11. The van der Waals surface area contributed by atoms with E-state index in [1.165, 1.54) is 131 Å². The van der Waals surface area contributed by atoms with Crippen LogP contribution in [-0.4, -0.2) is 14.9 Å². The molecular weight excluding hydrogens is 864 g/mol. The van der Waals surface area contributed by atoms with Gasteiger partial charge < -0.3 is 9.71 Å². The standard InChI is InChI=1S/C61H49BN2S2Si/c1-38-33-44-45(61(4,5)32-31-60(44,2)3)35-48(38)63-49-37-54-53(65-51-27-15-16-28-52(51)66-54)36-46(49)62-58-50(63)34-39-19-12-13-24-42(39)57(58)43-25-18-30-56-59(43)64(62)47-26-14-17-29-55(47)67(56,40-20-8-6-9-21-40)41-22-10-7-11-23-41/h6-30,33-37H,31-32H2,1-5H3. The molecule has 0 amide bonds. The van der Waals surface area contributed by atoms with Crippen molar-refractivity contribution < 1.29 is 0 Å². The SMILES string of the molecule is Cc1cc2c(cc1N1c3cc4c(cc3B3c5c1cc1ccccc1c5-c1cccc5c1N3c1ccccc1[Si]5(c1ccccc1)c1ccccc1)Sc1ccccc1S4)C(C)(C)CCC2(C)C. The number of rotatable bonds is 3. The molecule has 0 aromatic heterocycles. The van der Waals surface area contributed by atoms with Crippen LogP contribution in [0.4, 0.5) is 28.4 Å². The van der Waals surface area contributed by atoms with Crippen molar-refractivity contribution in [3.63, 3.8) is 0 Å². The first kappa shape index (κ1) is 39.9. The van der Waals surface area contributed by atoms with Crippen molar-refractivity contribution in [2.45, 2.75) is 77.9 Å². The minimum absolute atomic E-state index is 0.0596. The highest BCUT2D eigenvalue weighted by molar-refractivity contribution is 8.05. The Morgan fingerprint density at radius 2 is 1.10 bits per heavy atom. The highest BCUT2D eigenvalue weighted by Gasteiger charge is 2.55. The summed E-state index contributed by atoms with van der Waals surface area (Å²) in [6.45, 7) is 12.1. The van der Waals surface area contributed by atoms with Gasteiger partial charge in [0.1, 0.15) is 0 Å². The van der Waals surface area contributed by atoms with Crippen LogP contribution in [0.3, 0.4) is 0 Å². The minimum Gasteiger partial charge on any atom is -0.376 e. The van der Waals surface area contributed by atoms with Crippen LogP contribution in [0.1, 0.15) is 57.2 Å². The van der Waals surface area contributed by atoms with Gasteiger partial charge in [-0.15, -0.1) is 0 Å². The molecule has 5 aliphatic rings. The largest absolute Gasteiger partial charge is 0.376 e. The number of hydrogen-bond donors (Lipinski definition) is 0. The Hall–Kier alpha value is -6.18. The first-order chi connectivity index (χ1) is 32.6. The fourth-order valence-corrected chi connectivity index (χ4v) is 20.3. The van der Waals surface area contributed by atoms with Gasteiger partial charge in [-0.2, -0.15) is 0 Å². The van der Waals surface area contributed by atoms with E-state index in [-0.39, 0.29) is 17.7 Å². The fraction of sp³-hybridized carbons (Fsp3) is 0.148. The molecule has 2 nitrogen and oxygen atoms in total. The van der Waals surface area contributed by atoms with E-state index in [1.54, 1.807) is 0 Å². The molecule has 14 rings (SSSR count). The summed E-state index contributed by atoms with van der Waals surface area (Å²) in [5.74, 6) is 0. The first-order valence-electron chi connectivity index (χ1n) is 23.9. The van der Waals surface area contributed by atoms with E-state index in [4.69, 9.17) is 0 Å². The van der Waals surface area contributed by atoms with Gasteiger partial charge in [-0.25, -0.2) is 0 Å². The maximum absolute atomic E-state index is 2.89. The zero-order valence-corrected chi connectivity index (χ0v) is 41.2. The van der Waals surface area contributed by atoms with Crippen molar-refractivity contribution in [2.75, 3.05) is 9.71 Å². The summed E-state index contributed by atoms with van der Waals surface area (Å²) in [5, 5.41) is 8.31. The lowest BCUT2D eigenvalue weighted by Crippen LogP contribution is -2.79. The van der Waals surface area contributed by atoms with Gasteiger partial charge in [0.05, 0.1) is 0 Å². The molecule has 9 aromatic carbocycles. The maximum atomic E-state index is 2.81. The second-order valence-corrected chi connectivity index (χ2v) is 26.6. The Bertz CT molecular complexity index is 3550. The number of aryl methyl sites for hydroxylation is 1. The second-order valence-electron chi connectivity index (χ2n) is 20.7. The predicted molar refractivity (Wildman–Crippen MR) is 290 cm³/mol. The molecular formula is C61H49BN2S2Si. The van der Waals surface area contributed by atoms with Crippen LogP contribution in [0.15, 0.2) is 202 Å². The third-order valence-electron chi connectivity index (χ3n) is 16.1. The Morgan fingerprint density at radius 1 is 0.507 bits per heavy atom. The summed E-state index contributed by atoms with van der Waals surface area (Å²) >= 11 is 3.86. The molecule has 0 spiro atoms. The summed E-state index contributed by atoms with van der Waals surface area (Å²) in [4.78, 5) is 10.8. The van der Waals surface area contributed by atoms with Gasteiger partial charge >= 0.3 is 6.85 Å². The molecule has 0 saturated heterocycles. The summed E-state index contributed by atoms with van der Waals surface area (Å²) < 4.78 is 0. The Labute approximate surface area is 404 Å². The maximum Gasteiger partial charge on any atom is 0.333 e. The van der Waals surface area contributed by atoms with Crippen LogP contribution in [0, 0.1) is 6.92 Å². The second kappa shape index (κ2) is 14.2. The number of para-hydroxylation sites is 2. The third-order valence-corrected chi connectivity index (χ3v) is 23.5. The monoisotopic (exact) mass is 912 g/mol. The van der Waals surface area contributed by atoms with E-state index in [1.807, 2.05) is 23.5 Å². The van der Waals surface area contributed by atoms with Crippen molar-refractivity contribution in [1.29, 1.82) is 0 Å². The van der Waals surface area contributed by atoms with Crippen molar-refractivity contribution >= 4 is 109 Å².